The van der Waals surface area contributed by atoms with Crippen molar-refractivity contribution in [2.45, 2.75) is 489 Å². The van der Waals surface area contributed by atoms with Gasteiger partial charge < -0.3 is 26.1 Å². The number of aldehydes is 1. The zero-order valence-corrected chi connectivity index (χ0v) is 63.5. The minimum atomic E-state index is -0.0943. The van der Waals surface area contributed by atoms with Gasteiger partial charge in [0.15, 0.2) is 0 Å². The Balaban J connectivity index is 0.000000892. The molecule has 3 rings (SSSR count). The van der Waals surface area contributed by atoms with Crippen molar-refractivity contribution < 1.29 is 29.4 Å². The fraction of sp³-hybridized carbons (Fsp3) is 0.953. The molecule has 0 aromatic heterocycles. The highest BCUT2D eigenvalue weighted by atomic mass is 16.3. The van der Waals surface area contributed by atoms with Crippen molar-refractivity contribution in [3.63, 3.8) is 0 Å². The molecule has 0 aromatic rings. The number of aliphatic hydroxyl groups is 2. The second-order valence-electron chi connectivity index (χ2n) is 31.9. The summed E-state index contributed by atoms with van der Waals surface area (Å²) in [5.74, 6) is 5.61. The van der Waals surface area contributed by atoms with E-state index in [1.165, 1.54) is 308 Å². The molecular weight excluding hydrogens is 1160 g/mol. The molecule has 0 aromatic carbocycles. The topological polar surface area (TPSA) is 147 Å². The molecule has 0 saturated heterocycles. The molecular formula is C86H164N2O6. The van der Waals surface area contributed by atoms with Gasteiger partial charge in [0.25, 0.3) is 0 Å². The molecule has 0 spiro atoms. The first-order valence-corrected chi connectivity index (χ1v) is 42.9. The van der Waals surface area contributed by atoms with E-state index >= 15 is 0 Å². The van der Waals surface area contributed by atoms with Crippen LogP contribution < -0.4 is 11.1 Å². The summed E-state index contributed by atoms with van der Waals surface area (Å²) in [6.07, 6.45) is 83.0. The van der Waals surface area contributed by atoms with Crippen LogP contribution in [0, 0.1) is 35.5 Å². The highest BCUT2D eigenvalue weighted by Crippen LogP contribution is 2.47. The molecule has 8 heteroatoms. The van der Waals surface area contributed by atoms with Gasteiger partial charge in [-0.15, -0.1) is 0 Å². The Kier molecular flexibility index (Phi) is 60.9. The number of aliphatic hydroxyl groups excluding tert-OH is 2. The van der Waals surface area contributed by atoms with Gasteiger partial charge >= 0.3 is 0 Å². The van der Waals surface area contributed by atoms with Crippen molar-refractivity contribution >= 4 is 23.8 Å². The third-order valence-corrected chi connectivity index (χ3v) is 23.3. The SMILES string of the molecule is CCCCCCC(O)CCCCCCCCCCC(=O)N[C@H]1CCCC[C@@H]1N.CCCCCCCCC1CC(CCCCCCC=O)C(CCCCCCC(=O)C[C@@H]2CCCC[C@H]2CC(=O)CCCCCCCCCCC(O)CCCCCC)CC1CCCCCCCC. The van der Waals surface area contributed by atoms with Gasteiger partial charge in [-0.1, -0.05) is 336 Å². The highest BCUT2D eigenvalue weighted by Gasteiger charge is 2.36. The molecule has 3 aliphatic rings. The van der Waals surface area contributed by atoms with Gasteiger partial charge in [-0.05, 0) is 125 Å². The molecule has 1 amide bonds. The molecule has 0 bridgehead atoms. The van der Waals surface area contributed by atoms with E-state index in [2.05, 4.69) is 33.0 Å². The van der Waals surface area contributed by atoms with E-state index in [4.69, 9.17) is 5.73 Å². The van der Waals surface area contributed by atoms with Crippen LogP contribution in [0.1, 0.15) is 464 Å². The van der Waals surface area contributed by atoms with Crippen molar-refractivity contribution in [3.05, 3.63) is 0 Å². The minimum absolute atomic E-state index is 0.0776. The summed E-state index contributed by atoms with van der Waals surface area (Å²) in [7, 11) is 0. The average Bonchev–Trinajstić information content (AvgIpc) is 1.95. The normalized spacial score (nSPS) is 21.4. The number of hydrogen-bond acceptors (Lipinski definition) is 7. The second-order valence-corrected chi connectivity index (χ2v) is 31.9. The lowest BCUT2D eigenvalue weighted by atomic mass is 9.63. The molecule has 5 N–H and O–H groups in total. The van der Waals surface area contributed by atoms with Crippen LogP contribution in [-0.2, 0) is 19.2 Å². The summed E-state index contributed by atoms with van der Waals surface area (Å²) in [4.78, 5) is 49.4. The fourth-order valence-electron chi connectivity index (χ4n) is 17.0. The van der Waals surface area contributed by atoms with Gasteiger partial charge in [-0.2, -0.15) is 0 Å². The van der Waals surface area contributed by atoms with Crippen LogP contribution in [0.2, 0.25) is 0 Å². The number of hydrogen-bond donors (Lipinski definition) is 4. The molecule has 3 aliphatic carbocycles. The summed E-state index contributed by atoms with van der Waals surface area (Å²) < 4.78 is 0. The Labute approximate surface area is 585 Å². The molecule has 3 fully saturated rings. The van der Waals surface area contributed by atoms with Crippen LogP contribution in [-0.4, -0.2) is 58.3 Å². The number of Topliss-reactive ketones (excluding diaryl/α,β-unsaturated/α-hetero) is 2. The van der Waals surface area contributed by atoms with Crippen molar-refractivity contribution in [3.8, 4) is 0 Å². The molecule has 6 unspecified atom stereocenters. The minimum Gasteiger partial charge on any atom is -0.393 e. The molecule has 8 nitrogen and oxygen atoms in total. The number of unbranched alkanes of at least 4 members (excludes halogenated alkanes) is 37. The first-order valence-electron chi connectivity index (χ1n) is 42.9. The van der Waals surface area contributed by atoms with Gasteiger partial charge in [0.1, 0.15) is 17.9 Å². The molecule has 0 radical (unpaired) electrons. The maximum absolute atomic E-state index is 13.3. The van der Waals surface area contributed by atoms with Crippen molar-refractivity contribution in [2.75, 3.05) is 0 Å². The lowest BCUT2D eigenvalue weighted by Crippen LogP contribution is -2.49. The summed E-state index contributed by atoms with van der Waals surface area (Å²) in [6, 6.07) is 0.357. The monoisotopic (exact) mass is 1320 g/mol. The average molecular weight is 1320 g/mol. The number of ketones is 2. The maximum Gasteiger partial charge on any atom is 0.220 e. The molecule has 0 heterocycles. The Hall–Kier alpha value is -1.64. The summed E-state index contributed by atoms with van der Waals surface area (Å²) in [5.41, 5.74) is 6.09. The van der Waals surface area contributed by atoms with E-state index in [0.29, 0.717) is 42.7 Å². The predicted molar refractivity (Wildman–Crippen MR) is 406 cm³/mol. The Morgan fingerprint density at radius 1 is 0.362 bits per heavy atom. The lowest BCUT2D eigenvalue weighted by Gasteiger charge is -2.42. The second kappa shape index (κ2) is 64.7. The van der Waals surface area contributed by atoms with E-state index in [0.717, 1.165) is 139 Å². The third-order valence-electron chi connectivity index (χ3n) is 23.3. The summed E-state index contributed by atoms with van der Waals surface area (Å²) in [5, 5.41) is 23.3. The van der Waals surface area contributed by atoms with Crippen LogP contribution in [0.25, 0.3) is 0 Å². The lowest BCUT2D eigenvalue weighted by molar-refractivity contribution is -0.123. The summed E-state index contributed by atoms with van der Waals surface area (Å²) in [6.45, 7) is 9.11. The van der Waals surface area contributed by atoms with Gasteiger partial charge in [0, 0.05) is 50.6 Å². The first kappa shape index (κ1) is 88.4. The number of carbonyl (C=O) groups excluding carboxylic acids is 4. The van der Waals surface area contributed by atoms with Crippen LogP contribution in [0.4, 0.5) is 0 Å². The van der Waals surface area contributed by atoms with Gasteiger partial charge in [0.05, 0.1) is 12.2 Å². The van der Waals surface area contributed by atoms with Crippen LogP contribution in [0.15, 0.2) is 0 Å². The van der Waals surface area contributed by atoms with Crippen molar-refractivity contribution in [1.82, 2.24) is 5.32 Å². The number of nitrogens with one attached hydrogen (secondary N) is 1. The molecule has 3 saturated carbocycles. The fourth-order valence-corrected chi connectivity index (χ4v) is 17.0. The third kappa shape index (κ3) is 50.6. The standard InChI is InChI=1S/C62H116O4.C24H48N2O2/c1-4-7-10-13-20-28-39-54-50-56(41-30-22-19-27-38-49-63)57(51-55(54)40-29-21-14-11-8-5-2)42-31-25-26-35-48-62(66)53-59-44-37-36-43-58(59)52-61(65)47-34-24-18-16-15-17-23-33-46-60(64)45-32-12-9-6-3;1-2-3-4-11-16-21(27)17-12-9-7-5-6-8-10-13-20-24(28)26-23-19-15-14-18-22(23)25/h49,54-60,64H,4-48,50-53H2,1-3H3;21-23,27H,2-20,25H2,1H3,(H,26,28)/t54?,55?,56?,57?,58-,59-,60?;21?,22-,23-/m00/s1. The van der Waals surface area contributed by atoms with Gasteiger partial charge in [-0.25, -0.2) is 0 Å². The molecule has 94 heavy (non-hydrogen) atoms. The number of rotatable bonds is 65. The highest BCUT2D eigenvalue weighted by molar-refractivity contribution is 5.80. The number of carbonyl (C=O) groups is 4. The maximum atomic E-state index is 13.3. The van der Waals surface area contributed by atoms with Crippen LogP contribution in [0.5, 0.6) is 0 Å². The van der Waals surface area contributed by atoms with Crippen LogP contribution >= 0.6 is 0 Å². The Bertz CT molecular complexity index is 1690. The number of nitrogens with two attached hydrogens (primary N) is 1. The zero-order valence-electron chi connectivity index (χ0n) is 63.5. The first-order chi connectivity index (χ1) is 46.0. The summed E-state index contributed by atoms with van der Waals surface area (Å²) >= 11 is 0. The van der Waals surface area contributed by atoms with Gasteiger partial charge in [-0.3, -0.25) is 14.4 Å². The van der Waals surface area contributed by atoms with E-state index < -0.39 is 0 Å². The van der Waals surface area contributed by atoms with E-state index in [9.17, 15) is 29.4 Å². The zero-order chi connectivity index (χ0) is 68.0. The predicted octanol–water partition coefficient (Wildman–Crippen LogP) is 25.2. The van der Waals surface area contributed by atoms with Crippen molar-refractivity contribution in [2.24, 2.45) is 41.2 Å². The van der Waals surface area contributed by atoms with Crippen molar-refractivity contribution in [1.29, 1.82) is 0 Å². The van der Waals surface area contributed by atoms with Gasteiger partial charge in [0.2, 0.25) is 5.91 Å². The quantitative estimate of drug-likeness (QED) is 0.0350. The largest absolute Gasteiger partial charge is 0.393 e. The smallest absolute Gasteiger partial charge is 0.220 e. The van der Waals surface area contributed by atoms with Crippen LogP contribution in [0.3, 0.4) is 0 Å². The molecule has 0 aliphatic heterocycles. The van der Waals surface area contributed by atoms with E-state index in [-0.39, 0.29) is 30.2 Å². The Morgan fingerprint density at radius 3 is 1.00 bits per heavy atom. The Morgan fingerprint density at radius 2 is 0.649 bits per heavy atom. The molecule has 10 atom stereocenters. The molecule has 554 valence electrons. The van der Waals surface area contributed by atoms with E-state index in [1.807, 2.05) is 0 Å². The van der Waals surface area contributed by atoms with E-state index in [1.54, 1.807) is 0 Å². The number of amides is 1.